The number of para-hydroxylation sites is 1. The topological polar surface area (TPSA) is 81.6 Å². The number of piperidine rings is 1. The fourth-order valence-electron chi connectivity index (χ4n) is 2.90. The highest BCUT2D eigenvalue weighted by atomic mass is 16.5. The average molecular weight is 315 g/mol. The predicted molar refractivity (Wildman–Crippen MR) is 86.0 cm³/mol. The monoisotopic (exact) mass is 315 g/mol. The highest BCUT2D eigenvalue weighted by Crippen LogP contribution is 2.28. The van der Waals surface area contributed by atoms with Crippen LogP contribution in [0.2, 0.25) is 0 Å². The molecule has 0 saturated carbocycles. The van der Waals surface area contributed by atoms with E-state index in [0.717, 1.165) is 18.5 Å². The van der Waals surface area contributed by atoms with Crippen LogP contribution in [-0.2, 0) is 4.79 Å². The Balaban J connectivity index is 1.53. The van der Waals surface area contributed by atoms with Crippen molar-refractivity contribution >= 4 is 11.8 Å². The summed E-state index contributed by atoms with van der Waals surface area (Å²) in [5, 5.41) is 3.97. The Labute approximate surface area is 135 Å². The van der Waals surface area contributed by atoms with Crippen molar-refractivity contribution in [3.63, 3.8) is 0 Å². The van der Waals surface area contributed by atoms with Gasteiger partial charge in [0.1, 0.15) is 5.75 Å². The number of benzene rings is 1. The second kappa shape index (κ2) is 6.73. The Kier molecular flexibility index (Phi) is 4.50. The molecule has 6 nitrogen and oxygen atoms in total. The molecule has 1 saturated heterocycles. The van der Waals surface area contributed by atoms with Crippen LogP contribution in [0.25, 0.3) is 0 Å². The lowest BCUT2D eigenvalue weighted by Gasteiger charge is -2.32. The van der Waals surface area contributed by atoms with Gasteiger partial charge in [-0.15, -0.1) is 0 Å². The first-order valence-electron chi connectivity index (χ1n) is 7.86. The molecule has 1 aliphatic heterocycles. The van der Waals surface area contributed by atoms with Gasteiger partial charge in [-0.2, -0.15) is 0 Å². The molecule has 1 aliphatic rings. The number of hydrogen-bond acceptors (Lipinski definition) is 5. The number of nitrogens with zero attached hydrogens (tertiary/aromatic N) is 2. The number of nitrogens with two attached hydrogens (primary N) is 1. The first kappa shape index (κ1) is 15.4. The SMILES string of the molecule is C[C@@H](Oc1ccccc1)C(=O)N1CCC(c2cc(N)on2)CC1. The van der Waals surface area contributed by atoms with Crippen molar-refractivity contribution in [2.75, 3.05) is 18.8 Å². The van der Waals surface area contributed by atoms with Crippen molar-refractivity contribution in [2.45, 2.75) is 31.8 Å². The smallest absolute Gasteiger partial charge is 0.263 e. The zero-order valence-corrected chi connectivity index (χ0v) is 13.1. The average Bonchev–Trinajstić information content (AvgIpc) is 3.02. The van der Waals surface area contributed by atoms with Gasteiger partial charge in [-0.05, 0) is 31.9 Å². The predicted octanol–water partition coefficient (Wildman–Crippen LogP) is 2.43. The zero-order chi connectivity index (χ0) is 16.2. The maximum atomic E-state index is 12.5. The molecule has 0 radical (unpaired) electrons. The van der Waals surface area contributed by atoms with Gasteiger partial charge in [-0.1, -0.05) is 23.4 Å². The first-order valence-corrected chi connectivity index (χ1v) is 7.86. The molecule has 0 aliphatic carbocycles. The summed E-state index contributed by atoms with van der Waals surface area (Å²) in [6, 6.07) is 11.2. The minimum atomic E-state index is -0.489. The van der Waals surface area contributed by atoms with Crippen LogP contribution in [0.1, 0.15) is 31.4 Å². The third-order valence-corrected chi connectivity index (χ3v) is 4.18. The normalized spacial score (nSPS) is 17.0. The third kappa shape index (κ3) is 3.64. The molecule has 1 amide bonds. The van der Waals surface area contributed by atoms with E-state index in [1.807, 2.05) is 35.2 Å². The van der Waals surface area contributed by atoms with E-state index in [4.69, 9.17) is 15.0 Å². The van der Waals surface area contributed by atoms with E-state index in [2.05, 4.69) is 5.16 Å². The lowest BCUT2D eigenvalue weighted by molar-refractivity contribution is -0.139. The molecule has 1 aromatic carbocycles. The number of carbonyl (C=O) groups excluding carboxylic acids is 1. The fraction of sp³-hybridized carbons (Fsp3) is 0.412. The van der Waals surface area contributed by atoms with E-state index in [0.29, 0.717) is 30.6 Å². The number of hydrogen-bond donors (Lipinski definition) is 1. The Hall–Kier alpha value is -2.50. The summed E-state index contributed by atoms with van der Waals surface area (Å²) < 4.78 is 10.6. The highest BCUT2D eigenvalue weighted by Gasteiger charge is 2.28. The van der Waals surface area contributed by atoms with Crippen LogP contribution in [0.15, 0.2) is 40.9 Å². The van der Waals surface area contributed by atoms with E-state index in [9.17, 15) is 4.79 Å². The number of ether oxygens (including phenoxy) is 1. The summed E-state index contributed by atoms with van der Waals surface area (Å²) in [5.41, 5.74) is 6.44. The van der Waals surface area contributed by atoms with Crippen molar-refractivity contribution < 1.29 is 14.1 Å². The summed E-state index contributed by atoms with van der Waals surface area (Å²) >= 11 is 0. The van der Waals surface area contributed by atoms with Crippen molar-refractivity contribution in [2.24, 2.45) is 0 Å². The molecule has 3 rings (SSSR count). The quantitative estimate of drug-likeness (QED) is 0.937. The molecule has 1 atom stereocenters. The number of amides is 1. The Morgan fingerprint density at radius 2 is 2.04 bits per heavy atom. The number of rotatable bonds is 4. The molecule has 122 valence electrons. The van der Waals surface area contributed by atoms with Crippen LogP contribution in [-0.4, -0.2) is 35.2 Å². The maximum absolute atomic E-state index is 12.5. The summed E-state index contributed by atoms with van der Waals surface area (Å²) in [6.07, 6.45) is 1.22. The van der Waals surface area contributed by atoms with Gasteiger partial charge in [0.05, 0.1) is 5.69 Å². The number of likely N-dealkylation sites (tertiary alicyclic amines) is 1. The minimum Gasteiger partial charge on any atom is -0.481 e. The first-order chi connectivity index (χ1) is 11.1. The van der Waals surface area contributed by atoms with Gasteiger partial charge in [-0.3, -0.25) is 4.79 Å². The number of anilines is 1. The van der Waals surface area contributed by atoms with Crippen molar-refractivity contribution in [1.82, 2.24) is 10.1 Å². The van der Waals surface area contributed by atoms with Crippen LogP contribution in [0.4, 0.5) is 5.88 Å². The van der Waals surface area contributed by atoms with Crippen molar-refractivity contribution in [1.29, 1.82) is 0 Å². The minimum absolute atomic E-state index is 0.0203. The van der Waals surface area contributed by atoms with Crippen molar-refractivity contribution in [3.05, 3.63) is 42.1 Å². The second-order valence-electron chi connectivity index (χ2n) is 5.83. The molecule has 1 aromatic heterocycles. The zero-order valence-electron chi connectivity index (χ0n) is 13.1. The van der Waals surface area contributed by atoms with Gasteiger partial charge in [0.2, 0.25) is 5.88 Å². The van der Waals surface area contributed by atoms with Gasteiger partial charge < -0.3 is 19.9 Å². The van der Waals surface area contributed by atoms with Crippen LogP contribution in [0, 0.1) is 0 Å². The number of aromatic nitrogens is 1. The van der Waals surface area contributed by atoms with Crippen molar-refractivity contribution in [3.8, 4) is 5.75 Å². The second-order valence-corrected chi connectivity index (χ2v) is 5.83. The van der Waals surface area contributed by atoms with Gasteiger partial charge in [-0.25, -0.2) is 0 Å². The summed E-state index contributed by atoms with van der Waals surface area (Å²) in [5.74, 6) is 1.36. The molecule has 0 bridgehead atoms. The van der Waals surface area contributed by atoms with E-state index in [1.54, 1.807) is 13.0 Å². The molecule has 0 spiro atoms. The van der Waals surface area contributed by atoms with Gasteiger partial charge in [0.25, 0.3) is 5.91 Å². The molecule has 2 heterocycles. The highest BCUT2D eigenvalue weighted by molar-refractivity contribution is 5.81. The molecular formula is C17H21N3O3. The molecule has 2 aromatic rings. The van der Waals surface area contributed by atoms with E-state index in [-0.39, 0.29) is 5.91 Å². The Morgan fingerprint density at radius 3 is 2.65 bits per heavy atom. The van der Waals surface area contributed by atoms with Gasteiger partial charge in [0.15, 0.2) is 6.10 Å². The van der Waals surface area contributed by atoms with Gasteiger partial charge >= 0.3 is 0 Å². The fourth-order valence-corrected chi connectivity index (χ4v) is 2.90. The summed E-state index contributed by atoms with van der Waals surface area (Å²) in [6.45, 7) is 3.18. The third-order valence-electron chi connectivity index (χ3n) is 4.18. The van der Waals surface area contributed by atoms with E-state index >= 15 is 0 Å². The number of nitrogen functional groups attached to an aromatic ring is 1. The molecule has 23 heavy (non-hydrogen) atoms. The van der Waals surface area contributed by atoms with Crippen LogP contribution >= 0.6 is 0 Å². The van der Waals surface area contributed by atoms with Crippen LogP contribution in [0.5, 0.6) is 5.75 Å². The van der Waals surface area contributed by atoms with Gasteiger partial charge in [0, 0.05) is 25.1 Å². The summed E-state index contributed by atoms with van der Waals surface area (Å²) in [4.78, 5) is 14.4. The molecule has 6 heteroatoms. The molecule has 1 fully saturated rings. The Morgan fingerprint density at radius 1 is 1.35 bits per heavy atom. The Bertz CT molecular complexity index is 648. The number of carbonyl (C=O) groups is 1. The van der Waals surface area contributed by atoms with E-state index in [1.165, 1.54) is 0 Å². The molecule has 0 unspecified atom stereocenters. The largest absolute Gasteiger partial charge is 0.481 e. The lowest BCUT2D eigenvalue weighted by Crippen LogP contribution is -2.44. The molecule has 2 N–H and O–H groups in total. The van der Waals surface area contributed by atoms with E-state index < -0.39 is 6.10 Å². The summed E-state index contributed by atoms with van der Waals surface area (Å²) in [7, 11) is 0. The standard InChI is InChI=1S/C17H21N3O3/c1-12(22-14-5-3-2-4-6-14)17(21)20-9-7-13(8-10-20)15-11-16(18)23-19-15/h2-6,11-13H,7-10,18H2,1H3/t12-/m1/s1. The van der Waals surface area contributed by atoms with Crippen LogP contribution in [0.3, 0.4) is 0 Å². The molecular weight excluding hydrogens is 294 g/mol. The van der Waals surface area contributed by atoms with Crippen LogP contribution < -0.4 is 10.5 Å². The maximum Gasteiger partial charge on any atom is 0.263 e. The lowest BCUT2D eigenvalue weighted by atomic mass is 9.93.